The quantitative estimate of drug-likeness (QED) is 0.773. The number of rotatable bonds is 6. The van der Waals surface area contributed by atoms with Gasteiger partial charge in [-0.05, 0) is 25.0 Å². The molecule has 0 bridgehead atoms. The number of aromatic nitrogens is 1. The molecule has 2 N–H and O–H groups in total. The van der Waals surface area contributed by atoms with Crippen LogP contribution in [0.15, 0.2) is 18.3 Å². The molecule has 1 aliphatic rings. The molecule has 0 saturated carbocycles. The SMILES string of the molecule is N#C[C@@H]1CCCN1C(=O)CNCCNc1ccc(Cl)cn1. The fourth-order valence-corrected chi connectivity index (χ4v) is 2.37. The van der Waals surface area contributed by atoms with Gasteiger partial charge in [0, 0.05) is 25.8 Å². The molecule has 1 fully saturated rings. The van der Waals surface area contributed by atoms with E-state index in [0.717, 1.165) is 18.7 Å². The Morgan fingerprint density at radius 1 is 1.52 bits per heavy atom. The normalized spacial score (nSPS) is 17.5. The Kier molecular flexibility index (Phi) is 5.78. The minimum Gasteiger partial charge on any atom is -0.369 e. The molecular formula is C14H18ClN5O. The summed E-state index contributed by atoms with van der Waals surface area (Å²) in [6, 6.07) is 5.48. The Hall–Kier alpha value is -1.84. The summed E-state index contributed by atoms with van der Waals surface area (Å²) >= 11 is 5.75. The number of nitrogens with one attached hydrogen (secondary N) is 2. The lowest BCUT2D eigenvalue weighted by Crippen LogP contribution is -2.41. The van der Waals surface area contributed by atoms with E-state index in [2.05, 4.69) is 21.7 Å². The van der Waals surface area contributed by atoms with Gasteiger partial charge in [0.2, 0.25) is 5.91 Å². The molecule has 1 aromatic rings. The molecule has 1 aliphatic heterocycles. The minimum atomic E-state index is -0.254. The summed E-state index contributed by atoms with van der Waals surface area (Å²) in [6.07, 6.45) is 3.27. The Labute approximate surface area is 129 Å². The number of pyridine rings is 1. The molecule has 2 rings (SSSR count). The van der Waals surface area contributed by atoms with E-state index in [1.54, 1.807) is 23.2 Å². The van der Waals surface area contributed by atoms with Gasteiger partial charge in [-0.15, -0.1) is 0 Å². The van der Waals surface area contributed by atoms with Crippen molar-refractivity contribution in [1.82, 2.24) is 15.2 Å². The van der Waals surface area contributed by atoms with E-state index in [1.165, 1.54) is 0 Å². The second-order valence-corrected chi connectivity index (χ2v) is 5.28. The van der Waals surface area contributed by atoms with Gasteiger partial charge in [0.05, 0.1) is 17.6 Å². The van der Waals surface area contributed by atoms with Crippen molar-refractivity contribution in [3.63, 3.8) is 0 Å². The molecule has 1 amide bonds. The van der Waals surface area contributed by atoms with E-state index in [-0.39, 0.29) is 18.5 Å². The minimum absolute atomic E-state index is 0.0105. The molecule has 6 nitrogen and oxygen atoms in total. The van der Waals surface area contributed by atoms with Crippen LogP contribution in [0.1, 0.15) is 12.8 Å². The predicted molar refractivity (Wildman–Crippen MR) is 81.0 cm³/mol. The first-order valence-corrected chi connectivity index (χ1v) is 7.34. The number of hydrogen-bond acceptors (Lipinski definition) is 5. The summed E-state index contributed by atoms with van der Waals surface area (Å²) in [4.78, 5) is 17.7. The van der Waals surface area contributed by atoms with Crippen LogP contribution in [-0.4, -0.2) is 48.0 Å². The molecule has 21 heavy (non-hydrogen) atoms. The van der Waals surface area contributed by atoms with Gasteiger partial charge in [-0.2, -0.15) is 5.26 Å². The van der Waals surface area contributed by atoms with Crippen molar-refractivity contribution in [1.29, 1.82) is 5.26 Å². The number of likely N-dealkylation sites (tertiary alicyclic amines) is 1. The number of nitrogens with zero attached hydrogens (tertiary/aromatic N) is 3. The number of carbonyl (C=O) groups is 1. The van der Waals surface area contributed by atoms with Crippen molar-refractivity contribution >= 4 is 23.3 Å². The van der Waals surface area contributed by atoms with Gasteiger partial charge in [0.25, 0.3) is 0 Å². The van der Waals surface area contributed by atoms with Crippen LogP contribution in [0.5, 0.6) is 0 Å². The van der Waals surface area contributed by atoms with Gasteiger partial charge < -0.3 is 15.5 Å². The maximum Gasteiger partial charge on any atom is 0.237 e. The molecular weight excluding hydrogens is 290 g/mol. The first-order valence-electron chi connectivity index (χ1n) is 6.96. The summed E-state index contributed by atoms with van der Waals surface area (Å²) in [5, 5.41) is 15.7. The number of hydrogen-bond donors (Lipinski definition) is 2. The van der Waals surface area contributed by atoms with E-state index >= 15 is 0 Å². The molecule has 1 aromatic heterocycles. The lowest BCUT2D eigenvalue weighted by molar-refractivity contribution is -0.130. The molecule has 0 spiro atoms. The number of amides is 1. The van der Waals surface area contributed by atoms with Gasteiger partial charge in [0.1, 0.15) is 11.9 Å². The van der Waals surface area contributed by atoms with Crippen LogP contribution >= 0.6 is 11.6 Å². The van der Waals surface area contributed by atoms with Crippen LogP contribution in [-0.2, 0) is 4.79 Å². The lowest BCUT2D eigenvalue weighted by atomic mass is 10.2. The third-order valence-electron chi connectivity index (χ3n) is 3.33. The van der Waals surface area contributed by atoms with Crippen molar-refractivity contribution in [2.45, 2.75) is 18.9 Å². The molecule has 0 aromatic carbocycles. The summed E-state index contributed by atoms with van der Waals surface area (Å²) < 4.78 is 0. The summed E-state index contributed by atoms with van der Waals surface area (Å²) in [5.74, 6) is 0.736. The van der Waals surface area contributed by atoms with E-state index < -0.39 is 0 Å². The monoisotopic (exact) mass is 307 g/mol. The molecule has 7 heteroatoms. The molecule has 2 heterocycles. The van der Waals surface area contributed by atoms with Crippen molar-refractivity contribution in [2.24, 2.45) is 0 Å². The lowest BCUT2D eigenvalue weighted by Gasteiger charge is -2.19. The Balaban J connectivity index is 1.62. The standard InChI is InChI=1S/C14H18ClN5O/c15-11-3-4-13(19-9-11)18-6-5-17-10-14(21)20-7-1-2-12(20)8-16/h3-4,9,12,17H,1-2,5-7,10H2,(H,18,19)/t12-/m0/s1. The summed E-state index contributed by atoms with van der Waals surface area (Å²) in [6.45, 7) is 2.24. The van der Waals surface area contributed by atoms with Crippen molar-refractivity contribution < 1.29 is 4.79 Å². The molecule has 0 radical (unpaired) electrons. The fraction of sp³-hybridized carbons (Fsp3) is 0.500. The fourth-order valence-electron chi connectivity index (χ4n) is 2.26. The van der Waals surface area contributed by atoms with Gasteiger partial charge in [-0.3, -0.25) is 4.79 Å². The Morgan fingerprint density at radius 2 is 2.38 bits per heavy atom. The van der Waals surface area contributed by atoms with Crippen LogP contribution in [0.25, 0.3) is 0 Å². The van der Waals surface area contributed by atoms with E-state index in [9.17, 15) is 4.79 Å². The maximum absolute atomic E-state index is 12.0. The maximum atomic E-state index is 12.0. The zero-order chi connectivity index (χ0) is 15.1. The molecule has 1 atom stereocenters. The van der Waals surface area contributed by atoms with Crippen LogP contribution in [0, 0.1) is 11.3 Å². The Morgan fingerprint density at radius 3 is 3.10 bits per heavy atom. The average Bonchev–Trinajstić information content (AvgIpc) is 2.97. The smallest absolute Gasteiger partial charge is 0.237 e. The highest BCUT2D eigenvalue weighted by Crippen LogP contribution is 2.15. The number of nitriles is 1. The van der Waals surface area contributed by atoms with Crippen LogP contribution in [0.4, 0.5) is 5.82 Å². The highest BCUT2D eigenvalue weighted by atomic mass is 35.5. The zero-order valence-electron chi connectivity index (χ0n) is 11.7. The highest BCUT2D eigenvalue weighted by Gasteiger charge is 2.27. The van der Waals surface area contributed by atoms with Crippen molar-refractivity contribution in [2.75, 3.05) is 31.5 Å². The predicted octanol–water partition coefficient (Wildman–Crippen LogP) is 1.25. The second kappa shape index (κ2) is 7.81. The zero-order valence-corrected chi connectivity index (χ0v) is 12.4. The second-order valence-electron chi connectivity index (χ2n) is 4.84. The topological polar surface area (TPSA) is 81.0 Å². The number of carbonyl (C=O) groups excluding carboxylic acids is 1. The third kappa shape index (κ3) is 4.59. The molecule has 112 valence electrons. The van der Waals surface area contributed by atoms with Gasteiger partial charge in [0.15, 0.2) is 0 Å². The molecule has 0 aliphatic carbocycles. The Bertz CT molecular complexity index is 513. The first kappa shape index (κ1) is 15.5. The summed E-state index contributed by atoms with van der Waals surface area (Å²) in [5.41, 5.74) is 0. The van der Waals surface area contributed by atoms with Crippen molar-refractivity contribution in [3.8, 4) is 6.07 Å². The van der Waals surface area contributed by atoms with Crippen LogP contribution < -0.4 is 10.6 Å². The van der Waals surface area contributed by atoms with E-state index in [1.807, 2.05) is 0 Å². The van der Waals surface area contributed by atoms with Crippen LogP contribution in [0.3, 0.4) is 0 Å². The highest BCUT2D eigenvalue weighted by molar-refractivity contribution is 6.30. The van der Waals surface area contributed by atoms with E-state index in [0.29, 0.717) is 24.7 Å². The van der Waals surface area contributed by atoms with Gasteiger partial charge in [-0.25, -0.2) is 4.98 Å². The van der Waals surface area contributed by atoms with Crippen LogP contribution in [0.2, 0.25) is 5.02 Å². The van der Waals surface area contributed by atoms with E-state index in [4.69, 9.17) is 16.9 Å². The van der Waals surface area contributed by atoms with Gasteiger partial charge in [-0.1, -0.05) is 11.6 Å². The largest absolute Gasteiger partial charge is 0.369 e. The molecule has 1 saturated heterocycles. The number of halogens is 1. The first-order chi connectivity index (χ1) is 10.2. The summed E-state index contributed by atoms with van der Waals surface area (Å²) in [7, 11) is 0. The third-order valence-corrected chi connectivity index (χ3v) is 3.56. The number of anilines is 1. The molecule has 0 unspecified atom stereocenters. The van der Waals surface area contributed by atoms with Gasteiger partial charge >= 0.3 is 0 Å². The van der Waals surface area contributed by atoms with Crippen molar-refractivity contribution in [3.05, 3.63) is 23.4 Å². The average molecular weight is 308 g/mol.